The number of nitrogens with zero attached hydrogens (tertiary/aromatic N) is 1. The quantitative estimate of drug-likeness (QED) is 0.883. The predicted octanol–water partition coefficient (Wildman–Crippen LogP) is 1.03. The lowest BCUT2D eigenvalue weighted by Gasteiger charge is -2.11. The molecule has 2 amide bonds. The maximum Gasteiger partial charge on any atom is 0.258 e. The molecule has 1 N–H and O–H groups in total. The molecular weight excluding hydrogens is 300 g/mol. The lowest BCUT2D eigenvalue weighted by atomic mass is 10.3. The van der Waals surface area contributed by atoms with E-state index in [2.05, 4.69) is 21.2 Å². The highest BCUT2D eigenvalue weighted by Crippen LogP contribution is 2.15. The molecule has 0 heterocycles. The van der Waals surface area contributed by atoms with Crippen molar-refractivity contribution in [1.82, 2.24) is 10.2 Å². The molecule has 0 aromatic heterocycles. The summed E-state index contributed by atoms with van der Waals surface area (Å²) in [5.41, 5.74) is 0. The van der Waals surface area contributed by atoms with E-state index in [1.165, 1.54) is 4.90 Å². The Balaban J connectivity index is 2.29. The minimum atomic E-state index is -0.326. The first-order valence-corrected chi connectivity index (χ1v) is 6.13. The zero-order chi connectivity index (χ0) is 13.5. The summed E-state index contributed by atoms with van der Waals surface area (Å²) in [6.45, 7) is -0.127. The van der Waals surface area contributed by atoms with Crippen LogP contribution in [0.2, 0.25) is 0 Å². The van der Waals surface area contributed by atoms with Gasteiger partial charge in [-0.15, -0.1) is 0 Å². The number of amides is 2. The Labute approximate surface area is 114 Å². The third kappa shape index (κ3) is 5.18. The number of nitrogens with one attached hydrogen (secondary N) is 1. The van der Waals surface area contributed by atoms with E-state index in [9.17, 15) is 9.59 Å². The van der Waals surface area contributed by atoms with Crippen molar-refractivity contribution in [3.63, 3.8) is 0 Å². The summed E-state index contributed by atoms with van der Waals surface area (Å²) in [5, 5.41) is 2.48. The Kier molecular flexibility index (Phi) is 5.64. The van der Waals surface area contributed by atoms with Gasteiger partial charge < -0.3 is 15.0 Å². The van der Waals surface area contributed by atoms with E-state index in [4.69, 9.17) is 4.74 Å². The summed E-state index contributed by atoms with van der Waals surface area (Å²) in [5.74, 6) is 0.118. The number of ether oxygens (including phenoxy) is 1. The van der Waals surface area contributed by atoms with Crippen molar-refractivity contribution in [3.05, 3.63) is 28.7 Å². The van der Waals surface area contributed by atoms with Crippen LogP contribution in [0.25, 0.3) is 0 Å². The molecule has 18 heavy (non-hydrogen) atoms. The topological polar surface area (TPSA) is 58.6 Å². The van der Waals surface area contributed by atoms with Crippen LogP contribution in [0.15, 0.2) is 28.7 Å². The Hall–Kier alpha value is -1.56. The molecule has 0 saturated heterocycles. The maximum absolute atomic E-state index is 11.4. The number of carbonyl (C=O) groups is 2. The summed E-state index contributed by atoms with van der Waals surface area (Å²) in [6.07, 6.45) is 0. The Morgan fingerprint density at radius 2 is 1.89 bits per heavy atom. The Morgan fingerprint density at radius 3 is 2.44 bits per heavy atom. The van der Waals surface area contributed by atoms with E-state index in [1.54, 1.807) is 26.2 Å². The number of likely N-dealkylation sites (N-methyl/N-ethyl adjacent to an activating group) is 1. The third-order valence-corrected chi connectivity index (χ3v) is 2.65. The highest BCUT2D eigenvalue weighted by Gasteiger charge is 2.07. The average molecular weight is 315 g/mol. The lowest BCUT2D eigenvalue weighted by Crippen LogP contribution is -2.38. The zero-order valence-corrected chi connectivity index (χ0v) is 11.9. The molecule has 0 bridgehead atoms. The number of hydrogen-bond donors (Lipinski definition) is 1. The van der Waals surface area contributed by atoms with Gasteiger partial charge in [0.25, 0.3) is 5.91 Å². The van der Waals surface area contributed by atoms with Gasteiger partial charge in [0.2, 0.25) is 5.91 Å². The summed E-state index contributed by atoms with van der Waals surface area (Å²) in [6, 6.07) is 7.15. The molecular formula is C12H15BrN2O3. The Morgan fingerprint density at radius 1 is 1.28 bits per heavy atom. The van der Waals surface area contributed by atoms with Crippen LogP contribution in [0, 0.1) is 0 Å². The van der Waals surface area contributed by atoms with Gasteiger partial charge in [0.1, 0.15) is 5.75 Å². The van der Waals surface area contributed by atoms with Crippen LogP contribution in [-0.4, -0.2) is 44.0 Å². The lowest BCUT2D eigenvalue weighted by molar-refractivity contribution is -0.131. The van der Waals surface area contributed by atoms with Crippen molar-refractivity contribution < 1.29 is 14.3 Å². The molecule has 6 heteroatoms. The molecule has 0 saturated carbocycles. The average Bonchev–Trinajstić information content (AvgIpc) is 2.35. The SMILES string of the molecule is CN(C)C(=O)CNC(=O)COc1ccc(Br)cc1. The van der Waals surface area contributed by atoms with Crippen LogP contribution in [-0.2, 0) is 9.59 Å². The fraction of sp³-hybridized carbons (Fsp3) is 0.333. The molecule has 0 fully saturated rings. The smallest absolute Gasteiger partial charge is 0.258 e. The van der Waals surface area contributed by atoms with Crippen molar-refractivity contribution in [2.45, 2.75) is 0 Å². The summed E-state index contributed by atoms with van der Waals surface area (Å²) in [4.78, 5) is 24.0. The number of hydrogen-bond acceptors (Lipinski definition) is 3. The molecule has 0 unspecified atom stereocenters. The van der Waals surface area contributed by atoms with E-state index in [1.807, 2.05) is 12.1 Å². The fourth-order valence-electron chi connectivity index (χ4n) is 1.06. The standard InChI is InChI=1S/C12H15BrN2O3/c1-15(2)12(17)7-14-11(16)8-18-10-5-3-9(13)4-6-10/h3-6H,7-8H2,1-2H3,(H,14,16). The van der Waals surface area contributed by atoms with Crippen molar-refractivity contribution in [3.8, 4) is 5.75 Å². The van der Waals surface area contributed by atoms with Gasteiger partial charge in [0.15, 0.2) is 6.61 Å². The summed E-state index contributed by atoms with van der Waals surface area (Å²) < 4.78 is 6.20. The van der Waals surface area contributed by atoms with Gasteiger partial charge in [-0.3, -0.25) is 9.59 Å². The molecule has 0 atom stereocenters. The first kappa shape index (κ1) is 14.5. The van der Waals surface area contributed by atoms with Gasteiger partial charge in [-0.25, -0.2) is 0 Å². The molecule has 1 aromatic carbocycles. The van der Waals surface area contributed by atoms with Crippen molar-refractivity contribution in [2.24, 2.45) is 0 Å². The largest absolute Gasteiger partial charge is 0.484 e. The molecule has 0 spiro atoms. The zero-order valence-electron chi connectivity index (χ0n) is 10.3. The highest BCUT2D eigenvalue weighted by molar-refractivity contribution is 9.10. The van der Waals surface area contributed by atoms with E-state index >= 15 is 0 Å². The number of carbonyl (C=O) groups excluding carboxylic acids is 2. The van der Waals surface area contributed by atoms with E-state index in [0.29, 0.717) is 5.75 Å². The second-order valence-corrected chi connectivity index (χ2v) is 4.72. The molecule has 0 aliphatic rings. The fourth-order valence-corrected chi connectivity index (χ4v) is 1.33. The van der Waals surface area contributed by atoms with E-state index < -0.39 is 0 Å². The van der Waals surface area contributed by atoms with Crippen LogP contribution in [0.1, 0.15) is 0 Å². The van der Waals surface area contributed by atoms with Crippen LogP contribution in [0.5, 0.6) is 5.75 Å². The molecule has 0 aliphatic heterocycles. The number of rotatable bonds is 5. The predicted molar refractivity (Wildman–Crippen MR) is 71.3 cm³/mol. The molecule has 98 valence electrons. The summed E-state index contributed by atoms with van der Waals surface area (Å²) in [7, 11) is 3.26. The van der Waals surface area contributed by atoms with Gasteiger partial charge in [-0.1, -0.05) is 15.9 Å². The number of benzene rings is 1. The molecule has 1 aromatic rings. The highest BCUT2D eigenvalue weighted by atomic mass is 79.9. The van der Waals surface area contributed by atoms with Gasteiger partial charge >= 0.3 is 0 Å². The molecule has 5 nitrogen and oxygen atoms in total. The first-order chi connectivity index (χ1) is 8.49. The van der Waals surface area contributed by atoms with Crippen molar-refractivity contribution >= 4 is 27.7 Å². The number of halogens is 1. The molecule has 1 rings (SSSR count). The van der Waals surface area contributed by atoms with Gasteiger partial charge in [-0.2, -0.15) is 0 Å². The monoisotopic (exact) mass is 314 g/mol. The minimum Gasteiger partial charge on any atom is -0.484 e. The third-order valence-electron chi connectivity index (χ3n) is 2.12. The summed E-state index contributed by atoms with van der Waals surface area (Å²) >= 11 is 3.30. The maximum atomic E-state index is 11.4. The first-order valence-electron chi connectivity index (χ1n) is 5.34. The Bertz CT molecular complexity index is 418. The van der Waals surface area contributed by atoms with Crippen LogP contribution < -0.4 is 10.1 Å². The minimum absolute atomic E-state index is 0.0183. The van der Waals surface area contributed by atoms with Crippen LogP contribution >= 0.6 is 15.9 Å². The van der Waals surface area contributed by atoms with Gasteiger partial charge in [-0.05, 0) is 24.3 Å². The molecule has 0 aliphatic carbocycles. The normalized spacial score (nSPS) is 9.72. The van der Waals surface area contributed by atoms with Crippen LogP contribution in [0.4, 0.5) is 0 Å². The van der Waals surface area contributed by atoms with Gasteiger partial charge in [0, 0.05) is 18.6 Å². The second kappa shape index (κ2) is 7.00. The molecule has 0 radical (unpaired) electrons. The van der Waals surface area contributed by atoms with Crippen molar-refractivity contribution in [2.75, 3.05) is 27.2 Å². The van der Waals surface area contributed by atoms with E-state index in [0.717, 1.165) is 4.47 Å². The van der Waals surface area contributed by atoms with Crippen LogP contribution in [0.3, 0.4) is 0 Å². The second-order valence-electron chi connectivity index (χ2n) is 3.81. The van der Waals surface area contributed by atoms with Gasteiger partial charge in [0.05, 0.1) is 6.54 Å². The van der Waals surface area contributed by atoms with Crippen molar-refractivity contribution in [1.29, 1.82) is 0 Å². The van der Waals surface area contributed by atoms with E-state index in [-0.39, 0.29) is 25.0 Å².